The molecule has 0 unspecified atom stereocenters. The van der Waals surface area contributed by atoms with Gasteiger partial charge in [-0.05, 0) is 25.0 Å². The van der Waals surface area contributed by atoms with Crippen LogP contribution in [0.25, 0.3) is 0 Å². The number of rotatable bonds is 5. The van der Waals surface area contributed by atoms with Crippen molar-refractivity contribution in [2.45, 2.75) is 37.7 Å². The summed E-state index contributed by atoms with van der Waals surface area (Å²) in [6.45, 7) is 0.334. The molecule has 0 saturated heterocycles. The van der Waals surface area contributed by atoms with Crippen LogP contribution in [0.1, 0.15) is 32.1 Å². The van der Waals surface area contributed by atoms with Crippen LogP contribution in [0.3, 0.4) is 0 Å². The molecule has 1 aliphatic carbocycles. The number of aliphatic hydroxyl groups is 1. The highest BCUT2D eigenvalue weighted by Crippen LogP contribution is 2.32. The number of nitrogens with zero attached hydrogens (tertiary/aromatic N) is 1. The lowest BCUT2D eigenvalue weighted by Gasteiger charge is -2.32. The van der Waals surface area contributed by atoms with E-state index in [1.54, 1.807) is 12.1 Å². The van der Waals surface area contributed by atoms with Crippen molar-refractivity contribution >= 4 is 11.4 Å². The van der Waals surface area contributed by atoms with Crippen molar-refractivity contribution < 1.29 is 14.8 Å². The van der Waals surface area contributed by atoms with Crippen LogP contribution >= 0.6 is 0 Å². The molecule has 0 bridgehead atoms. The first-order valence-corrected chi connectivity index (χ1v) is 6.83. The molecule has 2 rings (SSSR count). The number of benzene rings is 1. The highest BCUT2D eigenvalue weighted by atomic mass is 16.6. The number of hydrogen-bond donors (Lipinski definition) is 2. The van der Waals surface area contributed by atoms with E-state index >= 15 is 0 Å². The van der Waals surface area contributed by atoms with Gasteiger partial charge in [0.1, 0.15) is 11.4 Å². The maximum Gasteiger partial charge on any atom is 0.296 e. The van der Waals surface area contributed by atoms with E-state index in [2.05, 4.69) is 5.32 Å². The SMILES string of the molecule is COc1ccc(NCC2(O)CCCCC2)c([N+](=O)[O-])c1. The molecule has 6 heteroatoms. The van der Waals surface area contributed by atoms with Gasteiger partial charge in [0.05, 0.1) is 23.7 Å². The summed E-state index contributed by atoms with van der Waals surface area (Å²) >= 11 is 0. The predicted molar refractivity (Wildman–Crippen MR) is 76.2 cm³/mol. The van der Waals surface area contributed by atoms with Crippen LogP contribution in [0, 0.1) is 10.1 Å². The van der Waals surface area contributed by atoms with E-state index in [0.717, 1.165) is 32.1 Å². The number of nitro benzene ring substituents is 1. The maximum absolute atomic E-state index is 11.1. The Kier molecular flexibility index (Phi) is 4.44. The van der Waals surface area contributed by atoms with Crippen molar-refractivity contribution in [1.82, 2.24) is 0 Å². The van der Waals surface area contributed by atoms with Gasteiger partial charge in [0.15, 0.2) is 0 Å². The van der Waals surface area contributed by atoms with Crippen molar-refractivity contribution in [1.29, 1.82) is 0 Å². The fourth-order valence-electron chi connectivity index (χ4n) is 2.59. The summed E-state index contributed by atoms with van der Waals surface area (Å²) in [7, 11) is 1.47. The number of ether oxygens (including phenoxy) is 1. The van der Waals surface area contributed by atoms with Crippen molar-refractivity contribution in [3.05, 3.63) is 28.3 Å². The third kappa shape index (κ3) is 3.39. The first-order valence-electron chi connectivity index (χ1n) is 6.83. The number of anilines is 1. The van der Waals surface area contributed by atoms with Crippen molar-refractivity contribution in [2.75, 3.05) is 19.0 Å². The van der Waals surface area contributed by atoms with E-state index in [9.17, 15) is 15.2 Å². The molecule has 1 aromatic rings. The van der Waals surface area contributed by atoms with Gasteiger partial charge in [-0.25, -0.2) is 0 Å². The second-order valence-electron chi connectivity index (χ2n) is 5.28. The highest BCUT2D eigenvalue weighted by molar-refractivity contribution is 5.64. The second-order valence-corrected chi connectivity index (χ2v) is 5.28. The first kappa shape index (κ1) is 14.6. The molecule has 0 radical (unpaired) electrons. The molecule has 0 atom stereocenters. The van der Waals surface area contributed by atoms with Gasteiger partial charge in [0, 0.05) is 6.54 Å². The minimum atomic E-state index is -0.758. The van der Waals surface area contributed by atoms with Gasteiger partial charge >= 0.3 is 0 Å². The zero-order valence-electron chi connectivity index (χ0n) is 11.6. The Balaban J connectivity index is 2.10. The molecule has 1 aliphatic rings. The Hall–Kier alpha value is -1.82. The quantitative estimate of drug-likeness (QED) is 0.640. The molecule has 0 spiro atoms. The molecule has 0 heterocycles. The summed E-state index contributed by atoms with van der Waals surface area (Å²) in [4.78, 5) is 10.6. The summed E-state index contributed by atoms with van der Waals surface area (Å²) in [5, 5.41) is 24.5. The molecular weight excluding hydrogens is 260 g/mol. The molecular formula is C14H20N2O4. The summed E-state index contributed by atoms with van der Waals surface area (Å²) in [5.74, 6) is 0.443. The van der Waals surface area contributed by atoms with Gasteiger partial charge < -0.3 is 15.2 Å². The van der Waals surface area contributed by atoms with Crippen LogP contribution < -0.4 is 10.1 Å². The van der Waals surface area contributed by atoms with Crippen LogP contribution in [0.2, 0.25) is 0 Å². The first-order chi connectivity index (χ1) is 9.54. The Morgan fingerprint density at radius 3 is 2.70 bits per heavy atom. The average molecular weight is 280 g/mol. The molecule has 1 saturated carbocycles. The van der Waals surface area contributed by atoms with Crippen molar-refractivity contribution in [3.63, 3.8) is 0 Å². The average Bonchev–Trinajstić information content (AvgIpc) is 2.45. The van der Waals surface area contributed by atoms with Gasteiger partial charge in [0.25, 0.3) is 5.69 Å². The molecule has 110 valence electrons. The topological polar surface area (TPSA) is 84.6 Å². The molecule has 20 heavy (non-hydrogen) atoms. The van der Waals surface area contributed by atoms with E-state index < -0.39 is 10.5 Å². The van der Waals surface area contributed by atoms with Crippen molar-refractivity contribution in [3.8, 4) is 5.75 Å². The van der Waals surface area contributed by atoms with Gasteiger partial charge in [-0.15, -0.1) is 0 Å². The van der Waals surface area contributed by atoms with Crippen LogP contribution in [0.15, 0.2) is 18.2 Å². The largest absolute Gasteiger partial charge is 0.496 e. The smallest absolute Gasteiger partial charge is 0.296 e. The fraction of sp³-hybridized carbons (Fsp3) is 0.571. The van der Waals surface area contributed by atoms with E-state index in [1.807, 2.05) is 0 Å². The molecule has 2 N–H and O–H groups in total. The molecule has 6 nitrogen and oxygen atoms in total. The third-order valence-corrected chi connectivity index (χ3v) is 3.79. The molecule has 0 aromatic heterocycles. The molecule has 1 fully saturated rings. The van der Waals surface area contributed by atoms with Gasteiger partial charge in [-0.2, -0.15) is 0 Å². The lowest BCUT2D eigenvalue weighted by atomic mass is 9.85. The predicted octanol–water partition coefficient (Wildman–Crippen LogP) is 2.71. The fourth-order valence-corrected chi connectivity index (χ4v) is 2.59. The zero-order chi connectivity index (χ0) is 14.6. The normalized spacial score (nSPS) is 17.5. The number of nitro groups is 1. The number of nitrogens with one attached hydrogen (secondary N) is 1. The molecule has 1 aromatic carbocycles. The lowest BCUT2D eigenvalue weighted by molar-refractivity contribution is -0.384. The summed E-state index contributed by atoms with van der Waals surface area (Å²) in [6, 6.07) is 4.66. The molecule has 0 aliphatic heterocycles. The highest BCUT2D eigenvalue weighted by Gasteiger charge is 2.29. The Labute approximate surface area is 117 Å². The van der Waals surface area contributed by atoms with Crippen LogP contribution in [0.4, 0.5) is 11.4 Å². The van der Waals surface area contributed by atoms with Crippen LogP contribution in [-0.4, -0.2) is 29.3 Å². The summed E-state index contributed by atoms with van der Waals surface area (Å²) in [6.07, 6.45) is 4.63. The standard InChI is InChI=1S/C14H20N2O4/c1-20-11-5-6-12(13(9-11)16(18)19)15-10-14(17)7-3-2-4-8-14/h5-6,9,15,17H,2-4,7-8,10H2,1H3. The van der Waals surface area contributed by atoms with Crippen LogP contribution in [-0.2, 0) is 0 Å². The number of hydrogen-bond acceptors (Lipinski definition) is 5. The Morgan fingerprint density at radius 2 is 2.10 bits per heavy atom. The zero-order valence-corrected chi connectivity index (χ0v) is 11.6. The summed E-state index contributed by atoms with van der Waals surface area (Å²) in [5.41, 5.74) is -0.384. The van der Waals surface area contributed by atoms with E-state index in [1.165, 1.54) is 13.2 Å². The molecule has 0 amide bonds. The minimum Gasteiger partial charge on any atom is -0.496 e. The van der Waals surface area contributed by atoms with Crippen LogP contribution in [0.5, 0.6) is 5.75 Å². The van der Waals surface area contributed by atoms with Gasteiger partial charge in [0.2, 0.25) is 0 Å². The number of methoxy groups -OCH3 is 1. The minimum absolute atomic E-state index is 0.0382. The van der Waals surface area contributed by atoms with E-state index in [-0.39, 0.29) is 5.69 Å². The van der Waals surface area contributed by atoms with E-state index in [0.29, 0.717) is 18.0 Å². The summed E-state index contributed by atoms with van der Waals surface area (Å²) < 4.78 is 4.99. The van der Waals surface area contributed by atoms with E-state index in [4.69, 9.17) is 4.74 Å². The monoisotopic (exact) mass is 280 g/mol. The third-order valence-electron chi connectivity index (χ3n) is 3.79. The maximum atomic E-state index is 11.1. The van der Waals surface area contributed by atoms with Crippen molar-refractivity contribution in [2.24, 2.45) is 0 Å². The lowest BCUT2D eigenvalue weighted by Crippen LogP contribution is -2.38. The Bertz CT molecular complexity index is 484. The van der Waals surface area contributed by atoms with Gasteiger partial charge in [-0.3, -0.25) is 10.1 Å². The Morgan fingerprint density at radius 1 is 1.40 bits per heavy atom. The van der Waals surface area contributed by atoms with Gasteiger partial charge in [-0.1, -0.05) is 19.3 Å². The second kappa shape index (κ2) is 6.09.